The van der Waals surface area contributed by atoms with Crippen LogP contribution in [0.4, 0.5) is 17.1 Å². The molecule has 0 atom stereocenters. The van der Waals surface area contributed by atoms with Gasteiger partial charge in [0, 0.05) is 37.8 Å². The van der Waals surface area contributed by atoms with Gasteiger partial charge in [0.2, 0.25) is 17.7 Å². The van der Waals surface area contributed by atoms with Gasteiger partial charge in [-0.2, -0.15) is 0 Å². The SMILES string of the molecule is CC(=O)NS(=O)(=O)c1ccc(N)cc1.CC(=O)NS(=O)(=O)c1ccc(N)cc1.CC(=O)NS(=O)(=O)c1ccc(N)cc1. The van der Waals surface area contributed by atoms with Gasteiger partial charge >= 0.3 is 0 Å². The van der Waals surface area contributed by atoms with E-state index in [1.165, 1.54) is 72.8 Å². The van der Waals surface area contributed by atoms with E-state index in [0.29, 0.717) is 17.1 Å². The molecule has 0 spiro atoms. The molecule has 0 heterocycles. The quantitative estimate of drug-likeness (QED) is 0.198. The molecule has 0 bridgehead atoms. The van der Waals surface area contributed by atoms with E-state index in [4.69, 9.17) is 17.2 Å². The third-order valence-corrected chi connectivity index (χ3v) is 8.75. The van der Waals surface area contributed by atoms with Gasteiger partial charge in [0.25, 0.3) is 30.1 Å². The van der Waals surface area contributed by atoms with Crippen LogP contribution in [-0.2, 0) is 44.5 Å². The van der Waals surface area contributed by atoms with Crippen LogP contribution in [0.3, 0.4) is 0 Å². The summed E-state index contributed by atoms with van der Waals surface area (Å²) in [5.74, 6) is -1.87. The summed E-state index contributed by atoms with van der Waals surface area (Å²) in [6.45, 7) is 3.40. The normalized spacial score (nSPS) is 10.9. The summed E-state index contributed by atoms with van der Waals surface area (Å²) in [6, 6.07) is 16.7. The Morgan fingerprint density at radius 3 is 0.738 bits per heavy atom. The molecule has 0 aromatic heterocycles. The van der Waals surface area contributed by atoms with Crippen molar-refractivity contribution < 1.29 is 39.6 Å². The first kappa shape index (κ1) is 35.3. The van der Waals surface area contributed by atoms with Crippen LogP contribution in [0.25, 0.3) is 0 Å². The van der Waals surface area contributed by atoms with Crippen LogP contribution < -0.4 is 31.4 Å². The first-order chi connectivity index (χ1) is 19.2. The topological polar surface area (TPSA) is 268 Å². The molecule has 3 aromatic carbocycles. The average molecular weight is 643 g/mol. The number of nitrogens with one attached hydrogen (secondary N) is 3. The van der Waals surface area contributed by atoms with Crippen LogP contribution in [0.15, 0.2) is 87.5 Å². The lowest BCUT2D eigenvalue weighted by Crippen LogP contribution is -2.28. The minimum absolute atomic E-state index is 0.0156. The van der Waals surface area contributed by atoms with E-state index in [0.717, 1.165) is 20.8 Å². The highest BCUT2D eigenvalue weighted by atomic mass is 32.2. The number of anilines is 3. The van der Waals surface area contributed by atoms with Gasteiger partial charge < -0.3 is 17.2 Å². The monoisotopic (exact) mass is 642 g/mol. The Bertz CT molecular complexity index is 1520. The van der Waals surface area contributed by atoms with Gasteiger partial charge in [-0.15, -0.1) is 0 Å². The van der Waals surface area contributed by atoms with Crippen molar-refractivity contribution in [3.63, 3.8) is 0 Å². The molecule has 3 aromatic rings. The van der Waals surface area contributed by atoms with E-state index in [1.54, 1.807) is 0 Å². The van der Waals surface area contributed by atoms with Crippen molar-refractivity contribution in [3.05, 3.63) is 72.8 Å². The second-order valence-electron chi connectivity index (χ2n) is 8.19. The van der Waals surface area contributed by atoms with Crippen molar-refractivity contribution >= 4 is 64.9 Å². The molecule has 0 unspecified atom stereocenters. The number of nitrogens with two attached hydrogens (primary N) is 3. The first-order valence-corrected chi connectivity index (χ1v) is 15.9. The summed E-state index contributed by atoms with van der Waals surface area (Å²) in [5, 5.41) is 0. The first-order valence-electron chi connectivity index (χ1n) is 11.4. The van der Waals surface area contributed by atoms with Crippen molar-refractivity contribution in [1.82, 2.24) is 14.2 Å². The second kappa shape index (κ2) is 14.8. The van der Waals surface area contributed by atoms with Gasteiger partial charge in [-0.3, -0.25) is 14.4 Å². The molecule has 0 aliphatic heterocycles. The van der Waals surface area contributed by atoms with Crippen molar-refractivity contribution in [1.29, 1.82) is 0 Å². The molecule has 0 aliphatic carbocycles. The predicted molar refractivity (Wildman–Crippen MR) is 156 cm³/mol. The Morgan fingerprint density at radius 1 is 0.429 bits per heavy atom. The van der Waals surface area contributed by atoms with E-state index in [9.17, 15) is 39.6 Å². The van der Waals surface area contributed by atoms with E-state index in [2.05, 4.69) is 0 Å². The Labute approximate surface area is 243 Å². The molecule has 15 nitrogen and oxygen atoms in total. The number of nitrogen functional groups attached to an aromatic ring is 3. The number of hydrogen-bond donors (Lipinski definition) is 6. The third kappa shape index (κ3) is 12.2. The standard InChI is InChI=1S/3C8H10N2O3S/c3*1-6(11)10-14(12,13)8-4-2-7(9)3-5-8/h3*2-5H,9H2,1H3,(H,10,11). The third-order valence-electron chi connectivity index (χ3n) is 4.41. The highest BCUT2D eigenvalue weighted by molar-refractivity contribution is 7.90. The van der Waals surface area contributed by atoms with Crippen molar-refractivity contribution in [2.45, 2.75) is 35.5 Å². The number of benzene rings is 3. The molecule has 228 valence electrons. The minimum Gasteiger partial charge on any atom is -0.399 e. The molecule has 3 rings (SSSR count). The minimum atomic E-state index is -3.73. The number of hydrogen-bond acceptors (Lipinski definition) is 12. The Morgan fingerprint density at radius 2 is 0.595 bits per heavy atom. The summed E-state index contributed by atoms with van der Waals surface area (Å²) in [6.07, 6.45) is 0. The smallest absolute Gasteiger partial charge is 0.264 e. The highest BCUT2D eigenvalue weighted by Crippen LogP contribution is 2.12. The van der Waals surface area contributed by atoms with Gasteiger partial charge in [0.15, 0.2) is 0 Å². The lowest BCUT2D eigenvalue weighted by molar-refractivity contribution is -0.118. The van der Waals surface area contributed by atoms with E-state index in [1.807, 2.05) is 14.2 Å². The van der Waals surface area contributed by atoms with Crippen LogP contribution >= 0.6 is 0 Å². The fourth-order valence-electron chi connectivity index (χ4n) is 2.69. The molecule has 0 saturated heterocycles. The van der Waals surface area contributed by atoms with E-state index >= 15 is 0 Å². The highest BCUT2D eigenvalue weighted by Gasteiger charge is 2.16. The maximum absolute atomic E-state index is 11.4. The Hall–Kier alpha value is -4.68. The fourth-order valence-corrected chi connectivity index (χ4v) is 5.66. The molecule has 9 N–H and O–H groups in total. The molecule has 0 aliphatic rings. The Balaban J connectivity index is 0.000000315. The predicted octanol–water partition coefficient (Wildman–Crippen LogP) is 0.281. The molecule has 0 fully saturated rings. The Kier molecular flexibility index (Phi) is 12.5. The zero-order chi connectivity index (χ0) is 32.3. The number of carbonyl (C=O) groups is 3. The average Bonchev–Trinajstić information content (AvgIpc) is 2.83. The van der Waals surface area contributed by atoms with E-state index in [-0.39, 0.29) is 14.7 Å². The van der Waals surface area contributed by atoms with Crippen LogP contribution in [0.1, 0.15) is 20.8 Å². The van der Waals surface area contributed by atoms with Crippen LogP contribution in [0.5, 0.6) is 0 Å². The maximum Gasteiger partial charge on any atom is 0.264 e. The van der Waals surface area contributed by atoms with Crippen molar-refractivity contribution in [2.75, 3.05) is 17.2 Å². The van der Waals surface area contributed by atoms with Crippen molar-refractivity contribution in [2.24, 2.45) is 0 Å². The van der Waals surface area contributed by atoms with Crippen molar-refractivity contribution in [3.8, 4) is 0 Å². The molecule has 0 saturated carbocycles. The molecule has 3 amide bonds. The summed E-state index contributed by atoms with van der Waals surface area (Å²) in [5.41, 5.74) is 17.6. The largest absolute Gasteiger partial charge is 0.399 e. The molecule has 42 heavy (non-hydrogen) atoms. The lowest BCUT2D eigenvalue weighted by atomic mass is 10.3. The lowest BCUT2D eigenvalue weighted by Gasteiger charge is -2.04. The van der Waals surface area contributed by atoms with Gasteiger partial charge in [0.1, 0.15) is 0 Å². The molecular weight excluding hydrogens is 612 g/mol. The van der Waals surface area contributed by atoms with Gasteiger partial charge in [0.05, 0.1) is 14.7 Å². The van der Waals surface area contributed by atoms with E-state index < -0.39 is 47.8 Å². The number of carbonyl (C=O) groups excluding carboxylic acids is 3. The van der Waals surface area contributed by atoms with Gasteiger partial charge in [-0.1, -0.05) is 0 Å². The summed E-state index contributed by atoms with van der Waals surface area (Å²) in [4.78, 5) is 31.8. The molecular formula is C24H30N6O9S3. The summed E-state index contributed by atoms with van der Waals surface area (Å²) >= 11 is 0. The van der Waals surface area contributed by atoms with Crippen LogP contribution in [-0.4, -0.2) is 43.0 Å². The number of amides is 3. The zero-order valence-corrected chi connectivity index (χ0v) is 25.0. The zero-order valence-electron chi connectivity index (χ0n) is 22.6. The molecule has 0 radical (unpaired) electrons. The fraction of sp³-hybridized carbons (Fsp3) is 0.125. The second-order valence-corrected chi connectivity index (χ2v) is 13.2. The summed E-state index contributed by atoms with van der Waals surface area (Å²) < 4.78 is 73.8. The maximum atomic E-state index is 11.4. The number of sulfonamides is 3. The van der Waals surface area contributed by atoms with Crippen LogP contribution in [0.2, 0.25) is 0 Å². The number of rotatable bonds is 6. The van der Waals surface area contributed by atoms with Crippen LogP contribution in [0, 0.1) is 0 Å². The van der Waals surface area contributed by atoms with Gasteiger partial charge in [-0.05, 0) is 72.8 Å². The van der Waals surface area contributed by atoms with Gasteiger partial charge in [-0.25, -0.2) is 39.4 Å². The summed E-state index contributed by atoms with van der Waals surface area (Å²) in [7, 11) is -11.2. The molecule has 18 heteroatoms.